The lowest BCUT2D eigenvalue weighted by Gasteiger charge is -2.33. The zero-order chi connectivity index (χ0) is 17.4. The molecule has 1 amide bonds. The van der Waals surface area contributed by atoms with Crippen molar-refractivity contribution in [2.45, 2.75) is 50.7 Å². The van der Waals surface area contributed by atoms with Gasteiger partial charge in [0, 0.05) is 25.4 Å². The second kappa shape index (κ2) is 6.26. The molecule has 2 fully saturated rings. The van der Waals surface area contributed by atoms with Crippen molar-refractivity contribution in [2.75, 3.05) is 0 Å². The first kappa shape index (κ1) is 16.5. The summed E-state index contributed by atoms with van der Waals surface area (Å²) in [4.78, 5) is 49.3. The Labute approximate surface area is 138 Å². The molecule has 2 heterocycles. The molecule has 3 atom stereocenters. The Morgan fingerprint density at radius 3 is 2.67 bits per heavy atom. The van der Waals surface area contributed by atoms with Crippen LogP contribution >= 0.6 is 0 Å². The number of likely N-dealkylation sites (tertiary alicyclic amines) is 1. The molecule has 24 heavy (non-hydrogen) atoms. The second-order valence-corrected chi connectivity index (χ2v) is 6.63. The molecule has 3 rings (SSSR count). The van der Waals surface area contributed by atoms with Crippen LogP contribution in [0.3, 0.4) is 0 Å². The molecule has 1 aromatic rings. The smallest absolute Gasteiger partial charge is 0.331 e. The Balaban J connectivity index is 1.87. The highest BCUT2D eigenvalue weighted by Gasteiger charge is 2.47. The highest BCUT2D eigenvalue weighted by molar-refractivity contribution is 5.84. The molecule has 0 unspecified atom stereocenters. The summed E-state index contributed by atoms with van der Waals surface area (Å²) in [6, 6.07) is 0.334. The number of hydrogen-bond acceptors (Lipinski definition) is 4. The van der Waals surface area contributed by atoms with Gasteiger partial charge < -0.3 is 10.0 Å². The van der Waals surface area contributed by atoms with Gasteiger partial charge in [-0.15, -0.1) is 0 Å². The number of aliphatic carboxylic acids is 1. The van der Waals surface area contributed by atoms with Crippen molar-refractivity contribution in [1.29, 1.82) is 0 Å². The van der Waals surface area contributed by atoms with Crippen molar-refractivity contribution in [3.63, 3.8) is 0 Å². The van der Waals surface area contributed by atoms with Crippen molar-refractivity contribution in [2.24, 2.45) is 13.0 Å². The van der Waals surface area contributed by atoms with Gasteiger partial charge in [-0.2, -0.15) is 0 Å². The molecule has 8 heteroatoms. The number of fused-ring (bicyclic) bond motifs is 1. The van der Waals surface area contributed by atoms with Crippen molar-refractivity contribution < 1.29 is 14.7 Å². The van der Waals surface area contributed by atoms with Gasteiger partial charge in [0.1, 0.15) is 12.6 Å². The first-order valence-electron chi connectivity index (χ1n) is 8.20. The highest BCUT2D eigenvalue weighted by Crippen LogP contribution is 2.39. The van der Waals surface area contributed by atoms with Crippen LogP contribution in [0.25, 0.3) is 0 Å². The Hall–Kier alpha value is -2.38. The van der Waals surface area contributed by atoms with Gasteiger partial charge in [0.05, 0.1) is 0 Å². The Morgan fingerprint density at radius 2 is 1.96 bits per heavy atom. The van der Waals surface area contributed by atoms with Crippen LogP contribution in [-0.2, 0) is 23.2 Å². The number of hydrogen-bond donors (Lipinski definition) is 1. The van der Waals surface area contributed by atoms with E-state index in [0.717, 1.165) is 34.8 Å². The number of carboxylic acid groups (broad SMARTS) is 1. The molecule has 0 spiro atoms. The van der Waals surface area contributed by atoms with E-state index in [-0.39, 0.29) is 24.4 Å². The summed E-state index contributed by atoms with van der Waals surface area (Å²) in [5, 5.41) is 9.47. The zero-order valence-electron chi connectivity index (χ0n) is 13.6. The Bertz CT molecular complexity index is 781. The molecule has 8 nitrogen and oxygen atoms in total. The minimum atomic E-state index is -0.995. The lowest BCUT2D eigenvalue weighted by Crippen LogP contribution is -2.49. The van der Waals surface area contributed by atoms with E-state index in [0.29, 0.717) is 6.42 Å². The monoisotopic (exact) mass is 335 g/mol. The van der Waals surface area contributed by atoms with E-state index in [1.807, 2.05) is 0 Å². The molecule has 0 radical (unpaired) electrons. The van der Waals surface area contributed by atoms with E-state index in [1.54, 1.807) is 0 Å². The summed E-state index contributed by atoms with van der Waals surface area (Å²) in [6.45, 7) is -0.250. The predicted octanol–water partition coefficient (Wildman–Crippen LogP) is -0.209. The van der Waals surface area contributed by atoms with Gasteiger partial charge >= 0.3 is 11.7 Å². The van der Waals surface area contributed by atoms with Gasteiger partial charge in [0.2, 0.25) is 5.91 Å². The Kier molecular flexibility index (Phi) is 4.29. The molecule has 1 aliphatic heterocycles. The third-order valence-corrected chi connectivity index (χ3v) is 5.23. The zero-order valence-corrected chi connectivity index (χ0v) is 13.6. The Morgan fingerprint density at radius 1 is 1.25 bits per heavy atom. The normalized spacial score (nSPS) is 26.2. The van der Waals surface area contributed by atoms with Crippen molar-refractivity contribution in [1.82, 2.24) is 14.0 Å². The standard InChI is InChI=1S/C16H21N3O5/c1-17-13(20)6-7-18(16(17)24)9-14(21)19-11-5-3-2-4-10(11)8-12(19)15(22)23/h6-7,10-12H,2-5,8-9H2,1H3,(H,22,23)/t10-,11+,12-/m0/s1. The van der Waals surface area contributed by atoms with E-state index in [1.165, 1.54) is 24.2 Å². The molecule has 2 aliphatic rings. The van der Waals surface area contributed by atoms with Crippen LogP contribution in [0.1, 0.15) is 32.1 Å². The third-order valence-electron chi connectivity index (χ3n) is 5.23. The molecule has 130 valence electrons. The average Bonchev–Trinajstić information content (AvgIpc) is 2.95. The van der Waals surface area contributed by atoms with Crippen molar-refractivity contribution in [3.05, 3.63) is 33.1 Å². The van der Waals surface area contributed by atoms with Crippen LogP contribution in [-0.4, -0.2) is 43.1 Å². The van der Waals surface area contributed by atoms with Crippen LogP contribution in [0.2, 0.25) is 0 Å². The fraction of sp³-hybridized carbons (Fsp3) is 0.625. The fourth-order valence-corrected chi connectivity index (χ4v) is 4.00. The SMILES string of the molecule is Cn1c(=O)ccn(CC(=O)N2[C@@H]3CCCC[C@H]3C[C@H]2C(=O)O)c1=O. The first-order chi connectivity index (χ1) is 11.4. The van der Waals surface area contributed by atoms with Gasteiger partial charge in [0.15, 0.2) is 0 Å². The second-order valence-electron chi connectivity index (χ2n) is 6.63. The average molecular weight is 335 g/mol. The van der Waals surface area contributed by atoms with E-state index < -0.39 is 23.3 Å². The molecule has 1 aliphatic carbocycles. The summed E-state index contributed by atoms with van der Waals surface area (Å²) in [5.74, 6) is -1.15. The van der Waals surface area contributed by atoms with Crippen LogP contribution in [0.15, 0.2) is 21.9 Å². The van der Waals surface area contributed by atoms with Crippen LogP contribution in [0, 0.1) is 5.92 Å². The number of carbonyl (C=O) groups excluding carboxylic acids is 1. The third kappa shape index (κ3) is 2.76. The largest absolute Gasteiger partial charge is 0.480 e. The highest BCUT2D eigenvalue weighted by atomic mass is 16.4. The summed E-state index contributed by atoms with van der Waals surface area (Å²) in [7, 11) is 1.35. The summed E-state index contributed by atoms with van der Waals surface area (Å²) < 4.78 is 2.08. The fourth-order valence-electron chi connectivity index (χ4n) is 4.00. The maximum atomic E-state index is 12.7. The van der Waals surface area contributed by atoms with Gasteiger partial charge in [-0.05, 0) is 25.2 Å². The minimum absolute atomic E-state index is 0.0596. The van der Waals surface area contributed by atoms with Gasteiger partial charge in [0.25, 0.3) is 5.56 Å². The minimum Gasteiger partial charge on any atom is -0.480 e. The number of nitrogens with zero attached hydrogens (tertiary/aromatic N) is 3. The number of aromatic nitrogens is 2. The first-order valence-corrected chi connectivity index (χ1v) is 8.20. The molecular weight excluding hydrogens is 314 g/mol. The summed E-state index contributed by atoms with van der Waals surface area (Å²) in [6.07, 6.45) is 5.56. The quantitative estimate of drug-likeness (QED) is 0.824. The molecular formula is C16H21N3O5. The molecule has 1 N–H and O–H groups in total. The van der Waals surface area contributed by atoms with E-state index in [9.17, 15) is 24.3 Å². The number of rotatable bonds is 3. The van der Waals surface area contributed by atoms with Crippen LogP contribution in [0.4, 0.5) is 0 Å². The van der Waals surface area contributed by atoms with Gasteiger partial charge in [-0.25, -0.2) is 9.59 Å². The molecule has 1 aromatic heterocycles. The maximum absolute atomic E-state index is 12.7. The molecule has 0 aromatic carbocycles. The maximum Gasteiger partial charge on any atom is 0.331 e. The van der Waals surface area contributed by atoms with Crippen molar-refractivity contribution in [3.8, 4) is 0 Å². The number of amides is 1. The van der Waals surface area contributed by atoms with Gasteiger partial charge in [-0.3, -0.25) is 18.7 Å². The summed E-state index contributed by atoms with van der Waals surface area (Å²) >= 11 is 0. The summed E-state index contributed by atoms with van der Waals surface area (Å²) in [5.41, 5.74) is -1.03. The van der Waals surface area contributed by atoms with Crippen LogP contribution < -0.4 is 11.2 Å². The lowest BCUT2D eigenvalue weighted by atomic mass is 9.85. The van der Waals surface area contributed by atoms with Gasteiger partial charge in [-0.1, -0.05) is 12.8 Å². The van der Waals surface area contributed by atoms with E-state index in [4.69, 9.17) is 0 Å². The number of carboxylic acids is 1. The predicted molar refractivity (Wildman–Crippen MR) is 84.6 cm³/mol. The van der Waals surface area contributed by atoms with E-state index in [2.05, 4.69) is 0 Å². The topological polar surface area (TPSA) is 102 Å². The lowest BCUT2D eigenvalue weighted by molar-refractivity contribution is -0.150. The molecule has 1 saturated heterocycles. The van der Waals surface area contributed by atoms with Crippen LogP contribution in [0.5, 0.6) is 0 Å². The van der Waals surface area contributed by atoms with E-state index >= 15 is 0 Å². The van der Waals surface area contributed by atoms with Crippen molar-refractivity contribution >= 4 is 11.9 Å². The molecule has 1 saturated carbocycles. The molecule has 0 bridgehead atoms. The number of carbonyl (C=O) groups is 2.